The van der Waals surface area contributed by atoms with E-state index in [-0.39, 0.29) is 24.7 Å². The molecule has 0 aliphatic rings. The summed E-state index contributed by atoms with van der Waals surface area (Å²) in [5.41, 5.74) is 1.90. The van der Waals surface area contributed by atoms with Gasteiger partial charge in [0.05, 0.1) is 36.8 Å². The van der Waals surface area contributed by atoms with Gasteiger partial charge in [0, 0.05) is 7.05 Å². The zero-order chi connectivity index (χ0) is 16.1. The number of nitrogens with zero attached hydrogens (tertiary/aromatic N) is 4. The lowest BCUT2D eigenvalue weighted by molar-refractivity contribution is 0.155. The second-order valence-electron chi connectivity index (χ2n) is 5.25. The van der Waals surface area contributed by atoms with Gasteiger partial charge >= 0.3 is 6.03 Å². The summed E-state index contributed by atoms with van der Waals surface area (Å²) in [6.45, 7) is 3.64. The standard InChI is InChI=1S/C15H21N5O2/c1-11(10-21)19(3)15(22)17-12(2)13-4-6-14(7-5-13)20-9-8-16-18-20/h4-9,11-12,21H,10H2,1-3H3,(H,17,22). The number of aliphatic hydroxyl groups excluding tert-OH is 1. The monoisotopic (exact) mass is 303 g/mol. The van der Waals surface area contributed by atoms with E-state index >= 15 is 0 Å². The van der Waals surface area contributed by atoms with Crippen molar-refractivity contribution in [3.8, 4) is 5.69 Å². The van der Waals surface area contributed by atoms with Crippen molar-refractivity contribution in [2.75, 3.05) is 13.7 Å². The Balaban J connectivity index is 2.01. The number of amides is 2. The van der Waals surface area contributed by atoms with Gasteiger partial charge in [0.15, 0.2) is 0 Å². The van der Waals surface area contributed by atoms with E-state index < -0.39 is 0 Å². The highest BCUT2D eigenvalue weighted by Crippen LogP contribution is 2.15. The maximum atomic E-state index is 12.1. The number of benzene rings is 1. The fourth-order valence-corrected chi connectivity index (χ4v) is 1.95. The number of carbonyl (C=O) groups is 1. The van der Waals surface area contributed by atoms with Crippen LogP contribution in [0.5, 0.6) is 0 Å². The van der Waals surface area contributed by atoms with Crippen molar-refractivity contribution in [1.82, 2.24) is 25.2 Å². The third-order valence-corrected chi connectivity index (χ3v) is 3.67. The van der Waals surface area contributed by atoms with Crippen LogP contribution in [0.15, 0.2) is 36.7 Å². The van der Waals surface area contributed by atoms with E-state index in [4.69, 9.17) is 5.11 Å². The number of carbonyl (C=O) groups excluding carboxylic acids is 1. The predicted molar refractivity (Wildman–Crippen MR) is 82.6 cm³/mol. The number of hydrogen-bond acceptors (Lipinski definition) is 4. The summed E-state index contributed by atoms with van der Waals surface area (Å²) in [6, 6.07) is 7.16. The number of likely N-dealkylation sites (N-methyl/N-ethyl adjacent to an activating group) is 1. The molecule has 0 saturated carbocycles. The van der Waals surface area contributed by atoms with Crippen molar-refractivity contribution in [3.63, 3.8) is 0 Å². The smallest absolute Gasteiger partial charge is 0.317 e. The number of hydrogen-bond donors (Lipinski definition) is 2. The summed E-state index contributed by atoms with van der Waals surface area (Å²) in [7, 11) is 1.66. The van der Waals surface area contributed by atoms with Crippen molar-refractivity contribution in [2.45, 2.75) is 25.9 Å². The van der Waals surface area contributed by atoms with Crippen LogP contribution in [0.1, 0.15) is 25.5 Å². The molecule has 0 spiro atoms. The van der Waals surface area contributed by atoms with E-state index in [9.17, 15) is 4.79 Å². The summed E-state index contributed by atoms with van der Waals surface area (Å²) < 4.78 is 1.67. The normalized spacial score (nSPS) is 13.5. The van der Waals surface area contributed by atoms with E-state index in [0.717, 1.165) is 11.3 Å². The average Bonchev–Trinajstić information content (AvgIpc) is 3.07. The van der Waals surface area contributed by atoms with Crippen LogP contribution in [0.3, 0.4) is 0 Å². The first kappa shape index (κ1) is 16.0. The Morgan fingerprint density at radius 1 is 1.36 bits per heavy atom. The second kappa shape index (κ2) is 7.04. The minimum atomic E-state index is -0.220. The molecule has 2 rings (SSSR count). The van der Waals surface area contributed by atoms with E-state index in [2.05, 4.69) is 15.6 Å². The van der Waals surface area contributed by atoms with Gasteiger partial charge in [0.25, 0.3) is 0 Å². The summed E-state index contributed by atoms with van der Waals surface area (Å²) in [6.07, 6.45) is 3.39. The molecule has 0 saturated heterocycles. The molecule has 2 N–H and O–H groups in total. The third kappa shape index (κ3) is 3.62. The molecule has 1 aromatic heterocycles. The molecular formula is C15H21N5O2. The largest absolute Gasteiger partial charge is 0.394 e. The molecule has 0 radical (unpaired) electrons. The van der Waals surface area contributed by atoms with E-state index in [0.29, 0.717) is 0 Å². The fraction of sp³-hybridized carbons (Fsp3) is 0.400. The van der Waals surface area contributed by atoms with Crippen molar-refractivity contribution in [2.24, 2.45) is 0 Å². The first-order valence-electron chi connectivity index (χ1n) is 7.13. The average molecular weight is 303 g/mol. The summed E-state index contributed by atoms with van der Waals surface area (Å²) in [4.78, 5) is 13.5. The second-order valence-corrected chi connectivity index (χ2v) is 5.25. The number of rotatable bonds is 5. The van der Waals surface area contributed by atoms with Gasteiger partial charge in [-0.15, -0.1) is 5.10 Å². The molecule has 1 heterocycles. The molecule has 7 heteroatoms. The molecule has 0 fully saturated rings. The van der Waals surface area contributed by atoms with Crippen LogP contribution in [0.4, 0.5) is 4.79 Å². The molecule has 0 bridgehead atoms. The number of aromatic nitrogens is 3. The lowest BCUT2D eigenvalue weighted by Gasteiger charge is -2.25. The van der Waals surface area contributed by atoms with Gasteiger partial charge in [0.1, 0.15) is 0 Å². The van der Waals surface area contributed by atoms with Gasteiger partial charge in [-0.1, -0.05) is 17.3 Å². The van der Waals surface area contributed by atoms with Gasteiger partial charge < -0.3 is 15.3 Å². The van der Waals surface area contributed by atoms with Gasteiger partial charge in [-0.05, 0) is 31.5 Å². The Morgan fingerprint density at radius 2 is 2.05 bits per heavy atom. The summed E-state index contributed by atoms with van der Waals surface area (Å²) >= 11 is 0. The minimum Gasteiger partial charge on any atom is -0.394 e. The highest BCUT2D eigenvalue weighted by molar-refractivity contribution is 5.74. The molecule has 2 unspecified atom stereocenters. The lowest BCUT2D eigenvalue weighted by Crippen LogP contribution is -2.44. The van der Waals surface area contributed by atoms with E-state index in [1.807, 2.05) is 31.2 Å². The molecule has 0 aliphatic heterocycles. The highest BCUT2D eigenvalue weighted by Gasteiger charge is 2.17. The third-order valence-electron chi connectivity index (χ3n) is 3.67. The first-order valence-corrected chi connectivity index (χ1v) is 7.13. The Labute approximate surface area is 129 Å². The first-order chi connectivity index (χ1) is 10.5. The SMILES string of the molecule is CC(NC(=O)N(C)C(C)CO)c1ccc(-n2ccnn2)cc1. The zero-order valence-electron chi connectivity index (χ0n) is 13.0. The maximum Gasteiger partial charge on any atom is 0.317 e. The molecule has 2 atom stereocenters. The van der Waals surface area contributed by atoms with Crippen LogP contribution in [0.25, 0.3) is 5.69 Å². The van der Waals surface area contributed by atoms with Crippen LogP contribution in [0, 0.1) is 0 Å². The van der Waals surface area contributed by atoms with Gasteiger partial charge in [-0.3, -0.25) is 0 Å². The Morgan fingerprint density at radius 3 is 2.59 bits per heavy atom. The zero-order valence-corrected chi connectivity index (χ0v) is 13.0. The van der Waals surface area contributed by atoms with Gasteiger partial charge in [-0.25, -0.2) is 9.48 Å². The number of nitrogens with one attached hydrogen (secondary N) is 1. The highest BCUT2D eigenvalue weighted by atomic mass is 16.3. The van der Waals surface area contributed by atoms with Crippen LogP contribution < -0.4 is 5.32 Å². The molecule has 7 nitrogen and oxygen atoms in total. The summed E-state index contributed by atoms with van der Waals surface area (Å²) in [5, 5.41) is 19.7. The molecule has 2 aromatic rings. The quantitative estimate of drug-likeness (QED) is 0.873. The van der Waals surface area contributed by atoms with Crippen molar-refractivity contribution in [1.29, 1.82) is 0 Å². The fourth-order valence-electron chi connectivity index (χ4n) is 1.95. The number of aliphatic hydroxyl groups is 1. The molecule has 1 aromatic carbocycles. The molecule has 2 amide bonds. The molecular weight excluding hydrogens is 282 g/mol. The molecule has 22 heavy (non-hydrogen) atoms. The summed E-state index contributed by atoms with van der Waals surface area (Å²) in [5.74, 6) is 0. The van der Waals surface area contributed by atoms with E-state index in [1.54, 1.807) is 31.0 Å². The van der Waals surface area contributed by atoms with Crippen molar-refractivity contribution in [3.05, 3.63) is 42.2 Å². The molecule has 118 valence electrons. The van der Waals surface area contributed by atoms with Crippen LogP contribution in [-0.2, 0) is 0 Å². The Hall–Kier alpha value is -2.41. The topological polar surface area (TPSA) is 83.3 Å². The van der Waals surface area contributed by atoms with Crippen molar-refractivity contribution < 1.29 is 9.90 Å². The minimum absolute atomic E-state index is 0.0646. The Kier molecular flexibility index (Phi) is 5.11. The van der Waals surface area contributed by atoms with Gasteiger partial charge in [-0.2, -0.15) is 0 Å². The van der Waals surface area contributed by atoms with Gasteiger partial charge in [0.2, 0.25) is 0 Å². The van der Waals surface area contributed by atoms with Crippen LogP contribution in [-0.4, -0.2) is 50.7 Å². The lowest BCUT2D eigenvalue weighted by atomic mass is 10.1. The Bertz CT molecular complexity index is 597. The molecule has 0 aliphatic carbocycles. The van der Waals surface area contributed by atoms with Crippen LogP contribution in [0.2, 0.25) is 0 Å². The van der Waals surface area contributed by atoms with E-state index in [1.165, 1.54) is 4.90 Å². The number of urea groups is 1. The predicted octanol–water partition coefficient (Wildman–Crippen LogP) is 1.35. The van der Waals surface area contributed by atoms with Crippen LogP contribution >= 0.6 is 0 Å². The maximum absolute atomic E-state index is 12.1. The van der Waals surface area contributed by atoms with Crippen molar-refractivity contribution >= 4 is 6.03 Å².